The summed E-state index contributed by atoms with van der Waals surface area (Å²) in [6, 6.07) is 9.33. The monoisotopic (exact) mass is 349 g/mol. The number of ether oxygens (including phenoxy) is 2. The van der Waals surface area contributed by atoms with E-state index in [9.17, 15) is 4.39 Å². The topological polar surface area (TPSA) is 82.3 Å². The number of hydrogen-bond acceptors (Lipinski definition) is 6. The number of rotatable bonds is 4. The van der Waals surface area contributed by atoms with E-state index in [1.165, 1.54) is 12.1 Å². The Balaban J connectivity index is 0.00000208. The van der Waals surface area contributed by atoms with Crippen LogP contribution in [-0.4, -0.2) is 24.2 Å². The summed E-state index contributed by atoms with van der Waals surface area (Å²) >= 11 is 0. The average molecular weight is 350 g/mol. The van der Waals surface area contributed by atoms with E-state index >= 15 is 0 Å². The molecule has 0 radical (unpaired) electrons. The highest BCUT2D eigenvalue weighted by Gasteiger charge is 2.11. The summed E-state index contributed by atoms with van der Waals surface area (Å²) in [5, 5.41) is 3.65. The SMILES string of the molecule is COc1cc2nc(Nc3ccc(F)cc3)nc(N)c2cc1OC.[Cl-]. The first kappa shape index (κ1) is 17.6. The minimum absolute atomic E-state index is 0. The van der Waals surface area contributed by atoms with Crippen LogP contribution in [-0.2, 0) is 0 Å². The molecule has 126 valence electrons. The predicted molar refractivity (Wildman–Crippen MR) is 86.7 cm³/mol. The van der Waals surface area contributed by atoms with Gasteiger partial charge in [-0.05, 0) is 30.3 Å². The molecule has 0 atom stereocenters. The van der Waals surface area contributed by atoms with Gasteiger partial charge in [0, 0.05) is 17.1 Å². The van der Waals surface area contributed by atoms with Gasteiger partial charge in [0.1, 0.15) is 11.6 Å². The number of hydrogen-bond donors (Lipinski definition) is 2. The van der Waals surface area contributed by atoms with E-state index in [1.54, 1.807) is 38.5 Å². The Labute approximate surface area is 144 Å². The van der Waals surface area contributed by atoms with Crippen LogP contribution in [0, 0.1) is 5.82 Å². The first-order chi connectivity index (χ1) is 11.1. The summed E-state index contributed by atoms with van der Waals surface area (Å²) in [4.78, 5) is 8.62. The number of fused-ring (bicyclic) bond motifs is 1. The second kappa shape index (κ2) is 7.18. The normalized spacial score (nSPS) is 10.1. The molecule has 3 N–H and O–H groups in total. The molecule has 0 unspecified atom stereocenters. The third kappa shape index (κ3) is 3.41. The third-order valence-electron chi connectivity index (χ3n) is 3.33. The first-order valence-corrected chi connectivity index (χ1v) is 6.82. The minimum Gasteiger partial charge on any atom is -1.00 e. The highest BCUT2D eigenvalue weighted by atomic mass is 35.5. The van der Waals surface area contributed by atoms with E-state index in [1.807, 2.05) is 0 Å². The largest absolute Gasteiger partial charge is 1.00 e. The van der Waals surface area contributed by atoms with Gasteiger partial charge in [-0.1, -0.05) is 0 Å². The molecule has 6 nitrogen and oxygen atoms in total. The molecule has 3 aromatic rings. The second-order valence-electron chi connectivity index (χ2n) is 4.79. The van der Waals surface area contributed by atoms with Crippen molar-refractivity contribution >= 4 is 28.4 Å². The Morgan fingerprint density at radius 2 is 1.62 bits per heavy atom. The van der Waals surface area contributed by atoms with Gasteiger partial charge in [0.25, 0.3) is 0 Å². The highest BCUT2D eigenvalue weighted by Crippen LogP contribution is 2.33. The van der Waals surface area contributed by atoms with Crippen LogP contribution in [0.5, 0.6) is 11.5 Å². The molecular weight excluding hydrogens is 335 g/mol. The zero-order chi connectivity index (χ0) is 16.4. The van der Waals surface area contributed by atoms with Crippen molar-refractivity contribution < 1.29 is 26.3 Å². The summed E-state index contributed by atoms with van der Waals surface area (Å²) < 4.78 is 23.5. The van der Waals surface area contributed by atoms with E-state index in [0.717, 1.165) is 0 Å². The van der Waals surface area contributed by atoms with Crippen molar-refractivity contribution in [1.29, 1.82) is 0 Å². The fourth-order valence-corrected chi connectivity index (χ4v) is 2.20. The lowest BCUT2D eigenvalue weighted by atomic mass is 10.2. The van der Waals surface area contributed by atoms with Crippen molar-refractivity contribution in [3.8, 4) is 11.5 Å². The molecule has 0 spiro atoms. The van der Waals surface area contributed by atoms with E-state index < -0.39 is 0 Å². The van der Waals surface area contributed by atoms with Gasteiger partial charge < -0.3 is 32.9 Å². The number of nitrogen functional groups attached to an aromatic ring is 1. The Morgan fingerprint density at radius 1 is 1.00 bits per heavy atom. The van der Waals surface area contributed by atoms with Crippen molar-refractivity contribution in [1.82, 2.24) is 9.97 Å². The third-order valence-corrected chi connectivity index (χ3v) is 3.33. The van der Waals surface area contributed by atoms with E-state index in [-0.39, 0.29) is 18.2 Å². The van der Waals surface area contributed by atoms with Gasteiger partial charge in [-0.3, -0.25) is 0 Å². The standard InChI is InChI=1S/C16H15FN4O2.ClH/c1-22-13-7-11-12(8-14(13)23-2)20-16(21-15(11)18)19-10-5-3-9(17)4-6-10;/h3-8H,1-2H3,(H3,18,19,20,21);1H/p-1. The lowest BCUT2D eigenvalue weighted by molar-refractivity contribution is -0.00000597. The fourth-order valence-electron chi connectivity index (χ4n) is 2.20. The van der Waals surface area contributed by atoms with Crippen LogP contribution in [0.25, 0.3) is 10.9 Å². The molecule has 1 heterocycles. The second-order valence-corrected chi connectivity index (χ2v) is 4.79. The summed E-state index contributed by atoms with van der Waals surface area (Å²) in [5.41, 5.74) is 7.27. The number of nitrogens with zero attached hydrogens (tertiary/aromatic N) is 2. The number of benzene rings is 2. The fraction of sp³-hybridized carbons (Fsp3) is 0.125. The smallest absolute Gasteiger partial charge is 0.229 e. The number of nitrogens with two attached hydrogens (primary N) is 1. The van der Waals surface area contributed by atoms with Crippen LogP contribution in [0.15, 0.2) is 36.4 Å². The molecule has 24 heavy (non-hydrogen) atoms. The summed E-state index contributed by atoms with van der Waals surface area (Å²) in [6.07, 6.45) is 0. The van der Waals surface area contributed by atoms with E-state index in [0.29, 0.717) is 39.9 Å². The molecule has 0 saturated heterocycles. The molecule has 8 heteroatoms. The van der Waals surface area contributed by atoms with Crippen LogP contribution < -0.4 is 32.9 Å². The van der Waals surface area contributed by atoms with Gasteiger partial charge in [0.2, 0.25) is 5.95 Å². The zero-order valence-electron chi connectivity index (χ0n) is 13.0. The Kier molecular flexibility index (Phi) is 5.25. The number of methoxy groups -OCH3 is 2. The van der Waals surface area contributed by atoms with Gasteiger partial charge in [-0.2, -0.15) is 4.98 Å². The van der Waals surface area contributed by atoms with Crippen LogP contribution in [0.2, 0.25) is 0 Å². The number of anilines is 3. The van der Waals surface area contributed by atoms with Crippen molar-refractivity contribution in [3.05, 3.63) is 42.2 Å². The molecule has 1 aromatic heterocycles. The molecule has 2 aromatic carbocycles. The van der Waals surface area contributed by atoms with Gasteiger partial charge >= 0.3 is 0 Å². The molecular formula is C16H15ClFN4O2-. The molecule has 0 aliphatic rings. The van der Waals surface area contributed by atoms with Crippen molar-refractivity contribution in [2.24, 2.45) is 0 Å². The number of nitrogens with one attached hydrogen (secondary N) is 1. The number of halogens is 2. The maximum absolute atomic E-state index is 12.9. The van der Waals surface area contributed by atoms with Crippen LogP contribution in [0.3, 0.4) is 0 Å². The zero-order valence-corrected chi connectivity index (χ0v) is 13.8. The highest BCUT2D eigenvalue weighted by molar-refractivity contribution is 5.92. The van der Waals surface area contributed by atoms with Crippen LogP contribution >= 0.6 is 0 Å². The lowest BCUT2D eigenvalue weighted by Crippen LogP contribution is -3.00. The quantitative estimate of drug-likeness (QED) is 0.696. The van der Waals surface area contributed by atoms with Crippen molar-refractivity contribution in [3.63, 3.8) is 0 Å². The lowest BCUT2D eigenvalue weighted by Gasteiger charge is -2.11. The summed E-state index contributed by atoms with van der Waals surface area (Å²) in [5.74, 6) is 1.40. The van der Waals surface area contributed by atoms with Crippen molar-refractivity contribution in [2.75, 3.05) is 25.3 Å². The predicted octanol–water partition coefficient (Wildman–Crippen LogP) is 0.116. The van der Waals surface area contributed by atoms with Gasteiger partial charge in [-0.25, -0.2) is 9.37 Å². The van der Waals surface area contributed by atoms with Gasteiger partial charge in [0.15, 0.2) is 11.5 Å². The van der Waals surface area contributed by atoms with Crippen LogP contribution in [0.4, 0.5) is 21.8 Å². The Hall–Kier alpha value is -2.80. The molecule has 3 rings (SSSR count). The minimum atomic E-state index is -0.314. The molecule has 0 bridgehead atoms. The molecule has 0 aliphatic heterocycles. The van der Waals surface area contributed by atoms with Crippen LogP contribution in [0.1, 0.15) is 0 Å². The Morgan fingerprint density at radius 3 is 2.25 bits per heavy atom. The maximum atomic E-state index is 12.9. The molecule has 0 saturated carbocycles. The van der Waals surface area contributed by atoms with Gasteiger partial charge in [0.05, 0.1) is 19.7 Å². The summed E-state index contributed by atoms with van der Waals surface area (Å²) in [7, 11) is 3.09. The molecule has 0 aliphatic carbocycles. The van der Waals surface area contributed by atoms with Gasteiger partial charge in [-0.15, -0.1) is 0 Å². The first-order valence-electron chi connectivity index (χ1n) is 6.82. The number of aromatic nitrogens is 2. The molecule has 0 amide bonds. The average Bonchev–Trinajstić information content (AvgIpc) is 2.56. The van der Waals surface area contributed by atoms with E-state index in [4.69, 9.17) is 15.2 Å². The van der Waals surface area contributed by atoms with E-state index in [2.05, 4.69) is 15.3 Å². The van der Waals surface area contributed by atoms with Crippen molar-refractivity contribution in [2.45, 2.75) is 0 Å². The maximum Gasteiger partial charge on any atom is 0.229 e. The Bertz CT molecular complexity index is 859. The molecule has 0 fully saturated rings. The summed E-state index contributed by atoms with van der Waals surface area (Å²) in [6.45, 7) is 0.